The maximum atomic E-state index is 12.4. The molecule has 12 heteroatoms. The van der Waals surface area contributed by atoms with Crippen molar-refractivity contribution < 1.29 is 22.9 Å². The smallest absolute Gasteiger partial charge is 0.311 e. The molecule has 0 spiro atoms. The molecule has 0 aliphatic carbocycles. The van der Waals surface area contributed by atoms with Crippen LogP contribution in [0.4, 0.5) is 11.4 Å². The van der Waals surface area contributed by atoms with Gasteiger partial charge in [-0.3, -0.25) is 10.1 Å². The van der Waals surface area contributed by atoms with Crippen LogP contribution in [0, 0.1) is 10.1 Å². The molecule has 0 radical (unpaired) electrons. The number of aromatic nitrogens is 2. The van der Waals surface area contributed by atoms with E-state index in [1.807, 2.05) is 0 Å². The molecule has 0 amide bonds. The second-order valence-corrected chi connectivity index (χ2v) is 7.27. The first kappa shape index (κ1) is 20.5. The Hall–Kier alpha value is -4.19. The normalized spacial score (nSPS) is 11.6. The molecule has 0 aliphatic rings. The lowest BCUT2D eigenvalue weighted by Crippen LogP contribution is -2.06. The largest absolute Gasteiger partial charge is 0.435 e. The number of sulfone groups is 1. The molecule has 0 fully saturated rings. The molecule has 0 atom stereocenters. The van der Waals surface area contributed by atoms with Gasteiger partial charge in [0.1, 0.15) is 0 Å². The first-order valence-corrected chi connectivity index (χ1v) is 9.69. The molecule has 1 aromatic heterocycles. The Labute approximate surface area is 170 Å². The molecule has 0 saturated heterocycles. The average molecular weight is 427 g/mol. The van der Waals surface area contributed by atoms with Crippen LogP contribution in [0.1, 0.15) is 0 Å². The average Bonchev–Trinajstić information content (AvgIpc) is 2.77. The van der Waals surface area contributed by atoms with Crippen LogP contribution in [0.3, 0.4) is 0 Å². The first-order valence-electron chi connectivity index (χ1n) is 8.21. The third-order valence-corrected chi connectivity index (χ3v) is 5.11. The van der Waals surface area contributed by atoms with E-state index >= 15 is 0 Å². The van der Waals surface area contributed by atoms with Crippen LogP contribution < -0.4 is 4.74 Å². The monoisotopic (exact) mass is 427 g/mol. The molecule has 3 rings (SSSR count). The minimum atomic E-state index is -3.82. The summed E-state index contributed by atoms with van der Waals surface area (Å²) in [5, 5.41) is 14.0. The number of ether oxygens (including phenoxy) is 1. The summed E-state index contributed by atoms with van der Waals surface area (Å²) in [5.74, 6) is 0.00554. The van der Waals surface area contributed by atoms with Gasteiger partial charge in [0.2, 0.25) is 28.4 Å². The minimum absolute atomic E-state index is 0.00554. The van der Waals surface area contributed by atoms with E-state index in [-0.39, 0.29) is 21.5 Å². The van der Waals surface area contributed by atoms with E-state index in [1.54, 1.807) is 6.07 Å². The number of nitro groups is 1. The number of oxime groups is 1. The van der Waals surface area contributed by atoms with Crippen molar-refractivity contribution >= 4 is 34.0 Å². The van der Waals surface area contributed by atoms with E-state index < -0.39 is 14.8 Å². The van der Waals surface area contributed by atoms with Crippen LogP contribution in [0.25, 0.3) is 0 Å². The van der Waals surface area contributed by atoms with Crippen LogP contribution in [-0.2, 0) is 14.7 Å². The summed E-state index contributed by atoms with van der Waals surface area (Å²) in [7, 11) is -3.82. The van der Waals surface area contributed by atoms with E-state index in [0.29, 0.717) is 5.69 Å². The minimum Gasteiger partial charge on any atom is -0.435 e. The maximum Gasteiger partial charge on any atom is 0.311 e. The lowest BCUT2D eigenvalue weighted by Gasteiger charge is -2.02. The van der Waals surface area contributed by atoms with Crippen molar-refractivity contribution in [3.8, 4) is 5.75 Å². The number of nitrogens with zero attached hydrogens (tertiary/aromatic N) is 5. The Morgan fingerprint density at radius 1 is 0.967 bits per heavy atom. The summed E-state index contributed by atoms with van der Waals surface area (Å²) in [4.78, 5) is 26.5. The molecule has 1 heterocycles. The number of aliphatic imine (C=N–C) groups is 1. The van der Waals surface area contributed by atoms with Gasteiger partial charge in [-0.15, -0.1) is 0 Å². The molecular formula is C18H13N5O6S. The van der Waals surface area contributed by atoms with Gasteiger partial charge in [-0.2, -0.15) is 0 Å². The lowest BCUT2D eigenvalue weighted by molar-refractivity contribution is -0.385. The van der Waals surface area contributed by atoms with Crippen molar-refractivity contribution in [3.05, 3.63) is 77.1 Å². The summed E-state index contributed by atoms with van der Waals surface area (Å²) in [5.41, 5.74) is 0.186. The van der Waals surface area contributed by atoms with Crippen LogP contribution in [0.15, 0.2) is 87.2 Å². The lowest BCUT2D eigenvalue weighted by atomic mass is 10.3. The Kier molecular flexibility index (Phi) is 6.39. The highest BCUT2D eigenvalue weighted by Crippen LogP contribution is 2.25. The second-order valence-electron chi connectivity index (χ2n) is 5.42. The number of rotatable bonds is 8. The van der Waals surface area contributed by atoms with E-state index in [0.717, 1.165) is 12.8 Å². The number of benzene rings is 2. The fourth-order valence-corrected chi connectivity index (χ4v) is 3.27. The topological polar surface area (TPSA) is 146 Å². The van der Waals surface area contributed by atoms with E-state index in [9.17, 15) is 18.5 Å². The van der Waals surface area contributed by atoms with Gasteiger partial charge in [0.25, 0.3) is 5.16 Å². The van der Waals surface area contributed by atoms with Crippen LogP contribution in [-0.4, -0.2) is 36.1 Å². The molecule has 0 N–H and O–H groups in total. The highest BCUT2D eigenvalue weighted by molar-refractivity contribution is 7.91. The van der Waals surface area contributed by atoms with Crippen molar-refractivity contribution in [1.82, 2.24) is 9.97 Å². The van der Waals surface area contributed by atoms with Crippen LogP contribution in [0.5, 0.6) is 5.75 Å². The van der Waals surface area contributed by atoms with E-state index in [1.165, 1.54) is 60.9 Å². The molecule has 11 nitrogen and oxygen atoms in total. The van der Waals surface area contributed by atoms with Crippen molar-refractivity contribution in [2.24, 2.45) is 10.1 Å². The molecular weight excluding hydrogens is 414 g/mol. The molecule has 3 aromatic rings. The molecule has 0 unspecified atom stereocenters. The predicted octanol–water partition coefficient (Wildman–Crippen LogP) is 2.92. The van der Waals surface area contributed by atoms with Gasteiger partial charge in [0.05, 0.1) is 15.5 Å². The quantitative estimate of drug-likeness (QED) is 0.175. The van der Waals surface area contributed by atoms with Gasteiger partial charge in [-0.25, -0.2) is 23.4 Å². The van der Waals surface area contributed by atoms with Crippen molar-refractivity contribution in [1.29, 1.82) is 0 Å². The number of hydrogen-bond acceptors (Lipinski definition) is 10. The third-order valence-electron chi connectivity index (χ3n) is 3.52. The van der Waals surface area contributed by atoms with Crippen molar-refractivity contribution in [2.75, 3.05) is 0 Å². The van der Waals surface area contributed by atoms with Gasteiger partial charge >= 0.3 is 5.69 Å². The SMILES string of the molecule is O=[N+]([O-])c1ccccc1OC=NOC=Nc1ccc(S(=O)(=O)c2ncccn2)cc1. The van der Waals surface area contributed by atoms with Crippen LogP contribution in [0.2, 0.25) is 0 Å². The van der Waals surface area contributed by atoms with Gasteiger partial charge in [0, 0.05) is 18.5 Å². The van der Waals surface area contributed by atoms with Gasteiger partial charge in [-0.1, -0.05) is 12.1 Å². The summed E-state index contributed by atoms with van der Waals surface area (Å²) in [6, 6.07) is 12.9. The highest BCUT2D eigenvalue weighted by atomic mass is 32.2. The molecule has 0 saturated carbocycles. The fourth-order valence-electron chi connectivity index (χ4n) is 2.16. The zero-order valence-corrected chi connectivity index (χ0v) is 15.9. The summed E-state index contributed by atoms with van der Waals surface area (Å²) < 4.78 is 29.8. The van der Waals surface area contributed by atoms with E-state index in [4.69, 9.17) is 9.57 Å². The van der Waals surface area contributed by atoms with Crippen molar-refractivity contribution in [3.63, 3.8) is 0 Å². The van der Waals surface area contributed by atoms with Gasteiger partial charge in [0.15, 0.2) is 0 Å². The van der Waals surface area contributed by atoms with Crippen LogP contribution >= 0.6 is 0 Å². The summed E-state index contributed by atoms with van der Waals surface area (Å²) in [6.45, 7) is 0. The fraction of sp³-hybridized carbons (Fsp3) is 0. The molecule has 0 bridgehead atoms. The van der Waals surface area contributed by atoms with Crippen molar-refractivity contribution in [2.45, 2.75) is 10.1 Å². The maximum absolute atomic E-state index is 12.4. The summed E-state index contributed by atoms with van der Waals surface area (Å²) in [6.07, 6.45) is 4.55. The Morgan fingerprint density at radius 3 is 2.37 bits per heavy atom. The third kappa shape index (κ3) is 4.99. The van der Waals surface area contributed by atoms with Gasteiger partial charge in [-0.05, 0) is 41.6 Å². The number of para-hydroxylation sites is 2. The first-order chi connectivity index (χ1) is 14.5. The molecule has 2 aromatic carbocycles. The molecule has 30 heavy (non-hydrogen) atoms. The highest BCUT2D eigenvalue weighted by Gasteiger charge is 2.20. The zero-order valence-electron chi connectivity index (χ0n) is 15.1. The Morgan fingerprint density at radius 2 is 1.67 bits per heavy atom. The Bertz CT molecular complexity index is 1180. The number of hydrogen-bond donors (Lipinski definition) is 0. The van der Waals surface area contributed by atoms with Gasteiger partial charge < -0.3 is 9.57 Å². The van der Waals surface area contributed by atoms with E-state index in [2.05, 4.69) is 20.1 Å². The zero-order chi connectivity index (χ0) is 21.4. The predicted molar refractivity (Wildman–Crippen MR) is 105 cm³/mol. The summed E-state index contributed by atoms with van der Waals surface area (Å²) >= 11 is 0. The molecule has 0 aliphatic heterocycles. The standard InChI is InChI=1S/C18H13N5O6S/c24-23(25)16-4-1-2-5-17(16)28-13-22-29-12-21-14-6-8-15(9-7-14)30(26,27)18-19-10-3-11-20-18/h1-13H. The second kappa shape index (κ2) is 9.34. The molecule has 152 valence electrons. The number of nitro benzene ring substituents is 1. The Balaban J connectivity index is 1.57.